The molecule has 0 saturated carbocycles. The van der Waals surface area contributed by atoms with E-state index in [9.17, 15) is 9.59 Å². The molecule has 0 radical (unpaired) electrons. The Bertz CT molecular complexity index is 232. The minimum Gasteiger partial charge on any atom is -0.479 e. The van der Waals surface area contributed by atoms with Crippen molar-refractivity contribution in [1.29, 1.82) is 0 Å². The first kappa shape index (κ1) is 20.1. The van der Waals surface area contributed by atoms with E-state index in [2.05, 4.69) is 0 Å². The molecule has 8 nitrogen and oxygen atoms in total. The molecule has 0 saturated heterocycles. The number of rotatable bonds is 4. The Hall–Kier alpha value is -0.346. The van der Waals surface area contributed by atoms with Gasteiger partial charge in [-0.25, -0.2) is 4.79 Å². The van der Waals surface area contributed by atoms with Gasteiger partial charge in [-0.3, -0.25) is 4.79 Å². The van der Waals surface area contributed by atoms with Gasteiger partial charge in [0.05, 0.1) is 0 Å². The summed E-state index contributed by atoms with van der Waals surface area (Å²) in [6.07, 6.45) is -4.59. The number of carboxylic acids is 1. The molecule has 0 aliphatic heterocycles. The van der Waals surface area contributed by atoms with Crippen LogP contribution in [-0.2, 0) is 31.3 Å². The van der Waals surface area contributed by atoms with Gasteiger partial charge in [0, 0.05) is 21.7 Å². The second-order valence-electron chi connectivity index (χ2n) is 2.49. The molecule has 0 aromatic heterocycles. The van der Waals surface area contributed by atoms with Gasteiger partial charge < -0.3 is 31.7 Å². The summed E-state index contributed by atoms with van der Waals surface area (Å²) in [7, 11) is 0. The van der Waals surface area contributed by atoms with Crippen LogP contribution in [0.3, 0.4) is 0 Å². The molecule has 0 aromatic carbocycles. The largest absolute Gasteiger partial charge is 0.479 e. The number of carboxylic acid groups (broad SMARTS) is 1. The van der Waals surface area contributed by atoms with Crippen molar-refractivity contribution >= 4 is 11.8 Å². The zero-order valence-corrected chi connectivity index (χ0v) is 9.48. The minimum atomic E-state index is -3.38. The smallest absolute Gasteiger partial charge is 0.349 e. The van der Waals surface area contributed by atoms with Crippen molar-refractivity contribution in [2.75, 3.05) is 0 Å². The van der Waals surface area contributed by atoms with Crippen LogP contribution in [0.15, 0.2) is 0 Å². The molecule has 0 aliphatic carbocycles. The Morgan fingerprint density at radius 2 is 1.53 bits per heavy atom. The molecular formula is C6H13NO7Ti. The van der Waals surface area contributed by atoms with Gasteiger partial charge in [-0.1, -0.05) is 0 Å². The topological polar surface area (TPSA) is 170 Å². The van der Waals surface area contributed by atoms with Gasteiger partial charge in [0.2, 0.25) is 5.78 Å². The van der Waals surface area contributed by atoms with E-state index < -0.39 is 29.7 Å². The van der Waals surface area contributed by atoms with Crippen molar-refractivity contribution in [3.63, 3.8) is 0 Å². The molecule has 0 heterocycles. The maximum atomic E-state index is 10.8. The third kappa shape index (κ3) is 3.96. The van der Waals surface area contributed by atoms with Crippen LogP contribution in [-0.4, -0.2) is 55.3 Å². The molecule has 9 heteroatoms. The molecule has 8 N–H and O–H groups in total. The summed E-state index contributed by atoms with van der Waals surface area (Å²) in [4.78, 5) is 21.2. The zero-order valence-electron chi connectivity index (χ0n) is 7.91. The van der Waals surface area contributed by atoms with Crippen molar-refractivity contribution in [2.24, 2.45) is 0 Å². The molecule has 2 atom stereocenters. The summed E-state index contributed by atoms with van der Waals surface area (Å²) < 4.78 is 0. The number of carbonyl (C=O) groups excluding carboxylic acids is 1. The van der Waals surface area contributed by atoms with Gasteiger partial charge in [0.25, 0.3) is 5.60 Å². The fraction of sp³-hybridized carbons (Fsp3) is 0.667. The number of ketones is 1. The van der Waals surface area contributed by atoms with Crippen LogP contribution in [0.1, 0.15) is 6.92 Å². The quantitative estimate of drug-likeness (QED) is 0.179. The van der Waals surface area contributed by atoms with Crippen molar-refractivity contribution in [1.82, 2.24) is 6.15 Å². The molecule has 0 spiro atoms. The van der Waals surface area contributed by atoms with Gasteiger partial charge in [-0.2, -0.15) is 0 Å². The predicted molar refractivity (Wildman–Crippen MR) is 42.5 cm³/mol. The third-order valence-electron chi connectivity index (χ3n) is 1.45. The van der Waals surface area contributed by atoms with Crippen molar-refractivity contribution in [3.05, 3.63) is 0 Å². The van der Waals surface area contributed by atoms with Crippen LogP contribution in [0.5, 0.6) is 0 Å². The van der Waals surface area contributed by atoms with E-state index in [1.165, 1.54) is 0 Å². The Morgan fingerprint density at radius 3 is 1.60 bits per heavy atom. The molecule has 0 bridgehead atoms. The van der Waals surface area contributed by atoms with E-state index in [1.807, 2.05) is 0 Å². The first-order valence-electron chi connectivity index (χ1n) is 3.28. The molecule has 2 unspecified atom stereocenters. The van der Waals surface area contributed by atoms with E-state index in [0.717, 1.165) is 6.92 Å². The van der Waals surface area contributed by atoms with E-state index in [0.29, 0.717) is 0 Å². The van der Waals surface area contributed by atoms with Gasteiger partial charge in [0.15, 0.2) is 6.29 Å². The van der Waals surface area contributed by atoms with Crippen molar-refractivity contribution in [3.8, 4) is 0 Å². The monoisotopic (exact) mass is 259 g/mol. The van der Waals surface area contributed by atoms with Crippen LogP contribution in [0.2, 0.25) is 0 Å². The van der Waals surface area contributed by atoms with Gasteiger partial charge >= 0.3 is 5.97 Å². The standard InChI is InChI=1S/C6H10O7.H3N.Ti/c1-2(7)3(8)6(13,4(9)10)5(11)12;;/h2,4,7,9-10,13H,1H3,(H,11,12);1H3;. The predicted octanol–water partition coefficient (Wildman–Crippen LogP) is -2.78. The van der Waals surface area contributed by atoms with E-state index >= 15 is 0 Å². The number of carbonyl (C=O) groups is 2. The normalized spacial score (nSPS) is 15.6. The average Bonchev–Trinajstić information content (AvgIpc) is 2.00. The minimum absolute atomic E-state index is 0. The number of hydrogen-bond donors (Lipinski definition) is 6. The Labute approximate surface area is 100 Å². The first-order valence-corrected chi connectivity index (χ1v) is 3.28. The fourth-order valence-corrected chi connectivity index (χ4v) is 0.662. The second-order valence-corrected chi connectivity index (χ2v) is 2.49. The molecule has 0 amide bonds. The van der Waals surface area contributed by atoms with Crippen LogP contribution in [0.25, 0.3) is 0 Å². The van der Waals surface area contributed by atoms with E-state index in [1.54, 1.807) is 0 Å². The fourth-order valence-electron chi connectivity index (χ4n) is 0.662. The zero-order chi connectivity index (χ0) is 10.8. The number of aliphatic hydroxyl groups excluding tert-OH is 2. The summed E-state index contributed by atoms with van der Waals surface area (Å²) in [5, 5.41) is 42.9. The molecule has 0 aromatic rings. The van der Waals surface area contributed by atoms with Crippen molar-refractivity contribution < 1.29 is 56.8 Å². The van der Waals surface area contributed by atoms with Crippen LogP contribution < -0.4 is 6.15 Å². The van der Waals surface area contributed by atoms with E-state index in [4.69, 9.17) is 25.5 Å². The molecule has 0 rings (SSSR count). The third-order valence-corrected chi connectivity index (χ3v) is 1.45. The summed E-state index contributed by atoms with van der Waals surface area (Å²) >= 11 is 0. The molecule has 0 aliphatic rings. The number of aliphatic hydroxyl groups is 4. The molecule has 88 valence electrons. The molecule has 0 fully saturated rings. The first-order chi connectivity index (χ1) is 5.74. The maximum Gasteiger partial charge on any atom is 0.349 e. The van der Waals surface area contributed by atoms with Crippen LogP contribution >= 0.6 is 0 Å². The Balaban J connectivity index is -0.000000720. The van der Waals surface area contributed by atoms with Crippen LogP contribution in [0.4, 0.5) is 0 Å². The maximum absolute atomic E-state index is 10.8. The molecular weight excluding hydrogens is 246 g/mol. The van der Waals surface area contributed by atoms with Gasteiger partial charge in [-0.15, -0.1) is 0 Å². The number of aliphatic carboxylic acids is 1. The molecule has 15 heavy (non-hydrogen) atoms. The Morgan fingerprint density at radius 1 is 1.20 bits per heavy atom. The summed E-state index contributed by atoms with van der Waals surface area (Å²) in [5.41, 5.74) is -3.38. The summed E-state index contributed by atoms with van der Waals surface area (Å²) in [6, 6.07) is 0. The van der Waals surface area contributed by atoms with Gasteiger partial charge in [0.1, 0.15) is 6.10 Å². The van der Waals surface area contributed by atoms with Gasteiger partial charge in [-0.05, 0) is 6.92 Å². The second kappa shape index (κ2) is 7.02. The number of Topliss-reactive ketones (excluding diaryl/α,β-unsaturated/α-hetero) is 1. The summed E-state index contributed by atoms with van der Waals surface area (Å²) in [5.74, 6) is -3.72. The Kier molecular flexibility index (Phi) is 9.41. The average molecular weight is 259 g/mol. The number of hydrogen-bond acceptors (Lipinski definition) is 7. The van der Waals surface area contributed by atoms with Crippen LogP contribution in [0, 0.1) is 0 Å². The van der Waals surface area contributed by atoms with E-state index in [-0.39, 0.29) is 27.9 Å². The van der Waals surface area contributed by atoms with Crippen molar-refractivity contribution in [2.45, 2.75) is 24.9 Å². The SMILES string of the molecule is CC(O)C(=O)C(O)(C(=O)O)C(O)O.N.[Ti]. The summed E-state index contributed by atoms with van der Waals surface area (Å²) in [6.45, 7) is 0.901.